The van der Waals surface area contributed by atoms with Crippen LogP contribution in [0.4, 0.5) is 11.5 Å². The fraction of sp³-hybridized carbons (Fsp3) is 0.279. The van der Waals surface area contributed by atoms with Crippen molar-refractivity contribution in [3.05, 3.63) is 96.8 Å². The number of carbonyl (C=O) groups excluding carboxylic acids is 1. The molecule has 1 amide bonds. The monoisotopic (exact) mass is 1180 g/mol. The summed E-state index contributed by atoms with van der Waals surface area (Å²) in [6.45, 7) is -9.11. The highest BCUT2D eigenvalue weighted by Gasteiger charge is 2.47. The van der Waals surface area contributed by atoms with Crippen LogP contribution >= 0.6 is 33.8 Å². The standard InChI is InChI=1S/C43H46N11O21P3S/c44-41-38-42(46-21-45-41)54(22-47-38)43-40(65)39(64)32(73-43)19-72-76(66,67)74-77(68,69)75-78(70,71)79-20-33(55)50-25-9-7-23(8-10-25)24-11-30(28-5-1-3-26(48-28)13-52(15-34(56)57)16-35(58)59)51-31(12-24)29-6-2-4-27(49-29)14-53(17-36(60)61)18-37(62)63/h1-12,21-22,32,39-40,43,64-65H,13-20H2,(H,50,55)(H,56,57)(H,58,59)(H,60,61)(H,62,63)(H,66,67)(H,68,69)(H,70,71)(H2,44,45,46)/t32-,39?,40?,43-/m1/s1. The van der Waals surface area contributed by atoms with Gasteiger partial charge in [0.15, 0.2) is 17.7 Å². The number of rotatable bonds is 27. The first-order valence-corrected chi connectivity index (χ1v) is 28.7. The molecule has 1 aliphatic heterocycles. The average Bonchev–Trinajstić information content (AvgIpc) is 4.13. The van der Waals surface area contributed by atoms with Crippen molar-refractivity contribution < 1.29 is 101 Å². The number of carboxylic acid groups (broad SMARTS) is 4. The molecule has 1 aromatic carbocycles. The van der Waals surface area contributed by atoms with E-state index in [0.717, 1.165) is 16.1 Å². The first-order valence-electron chi connectivity index (χ1n) is 22.5. The van der Waals surface area contributed by atoms with E-state index in [0.29, 0.717) is 22.5 Å². The number of nitrogens with two attached hydrogens (primary N) is 1. The number of carbonyl (C=O) groups is 5. The third kappa shape index (κ3) is 16.7. The molecule has 7 atom stereocenters. The van der Waals surface area contributed by atoms with Gasteiger partial charge in [-0.2, -0.15) is 8.62 Å². The zero-order valence-electron chi connectivity index (χ0n) is 40.3. The number of aliphatic hydroxyl groups is 2. The number of aromatic nitrogens is 7. The van der Waals surface area contributed by atoms with Crippen molar-refractivity contribution in [1.29, 1.82) is 0 Å². The number of hydrogen-bond acceptors (Lipinski definition) is 24. The Hall–Kier alpha value is -7.03. The van der Waals surface area contributed by atoms with Crippen LogP contribution < -0.4 is 11.1 Å². The number of phosphoric acid groups is 2. The Labute approximate surface area is 448 Å². The highest BCUT2D eigenvalue weighted by molar-refractivity contribution is 8.55. The second-order valence-corrected chi connectivity index (χ2v) is 24.0. The van der Waals surface area contributed by atoms with Gasteiger partial charge in [0.2, 0.25) is 5.91 Å². The lowest BCUT2D eigenvalue weighted by Gasteiger charge is -2.20. The van der Waals surface area contributed by atoms with E-state index >= 15 is 0 Å². The number of nitrogens with zero attached hydrogens (tertiary/aromatic N) is 9. The van der Waals surface area contributed by atoms with E-state index in [2.05, 4.69) is 43.4 Å². The molecule has 36 heteroatoms. The zero-order chi connectivity index (χ0) is 57.4. The summed E-state index contributed by atoms with van der Waals surface area (Å²) in [7, 11) is -11.6. The number of nitrogens with one attached hydrogen (secondary N) is 1. The van der Waals surface area contributed by atoms with Crippen LogP contribution in [0.3, 0.4) is 0 Å². The van der Waals surface area contributed by atoms with Crippen molar-refractivity contribution in [3.8, 4) is 33.9 Å². The van der Waals surface area contributed by atoms with Crippen LogP contribution in [-0.4, -0.2) is 176 Å². The normalized spacial score (nSPS) is 18.7. The number of phosphoric ester groups is 1. The molecule has 420 valence electrons. The van der Waals surface area contributed by atoms with E-state index in [1.807, 2.05) is 0 Å². The number of aliphatic hydroxyl groups excluding tert-OH is 2. The minimum Gasteiger partial charge on any atom is -0.480 e. The van der Waals surface area contributed by atoms with E-state index in [1.165, 1.54) is 23.0 Å². The van der Waals surface area contributed by atoms with E-state index in [4.69, 9.17) is 15.5 Å². The van der Waals surface area contributed by atoms with Gasteiger partial charge >= 0.3 is 46.3 Å². The van der Waals surface area contributed by atoms with Gasteiger partial charge in [0.05, 0.1) is 79.0 Å². The maximum atomic E-state index is 13.0. The molecule has 12 N–H and O–H groups in total. The van der Waals surface area contributed by atoms with Crippen molar-refractivity contribution in [2.75, 3.05) is 49.6 Å². The lowest BCUT2D eigenvalue weighted by molar-refractivity contribution is -0.144. The Kier molecular flexibility index (Phi) is 19.2. The van der Waals surface area contributed by atoms with Gasteiger partial charge in [-0.05, 0) is 71.0 Å². The molecule has 1 saturated heterocycles. The number of fused-ring (bicyclic) bond motifs is 1. The first kappa shape index (κ1) is 59.6. The zero-order valence-corrected chi connectivity index (χ0v) is 43.8. The fourth-order valence-electron chi connectivity index (χ4n) is 7.67. The second kappa shape index (κ2) is 25.4. The van der Waals surface area contributed by atoms with Crippen molar-refractivity contribution in [3.63, 3.8) is 0 Å². The summed E-state index contributed by atoms with van der Waals surface area (Å²) in [5.74, 6) is -6.89. The van der Waals surface area contributed by atoms with Gasteiger partial charge < -0.3 is 61.1 Å². The number of amides is 1. The molecule has 0 radical (unpaired) electrons. The molecule has 32 nitrogen and oxygen atoms in total. The summed E-state index contributed by atoms with van der Waals surface area (Å²) in [6.07, 6.45) is -4.14. The minimum absolute atomic E-state index is 0.00496. The fourth-order valence-corrected chi connectivity index (χ4v) is 13.2. The van der Waals surface area contributed by atoms with Gasteiger partial charge in [-0.25, -0.2) is 43.6 Å². The van der Waals surface area contributed by atoms with Gasteiger partial charge in [-0.3, -0.25) is 42.9 Å². The number of aliphatic carboxylic acids is 4. The Morgan fingerprint density at radius 2 is 1.23 bits per heavy atom. The summed E-state index contributed by atoms with van der Waals surface area (Å²) in [4.78, 5) is 118. The molecule has 6 heterocycles. The van der Waals surface area contributed by atoms with Gasteiger partial charge in [-0.1, -0.05) is 24.3 Å². The van der Waals surface area contributed by atoms with E-state index in [-0.39, 0.29) is 69.9 Å². The molecule has 1 fully saturated rings. The summed E-state index contributed by atoms with van der Waals surface area (Å²) >= 11 is -0.170. The number of ether oxygens (including phenoxy) is 1. The van der Waals surface area contributed by atoms with E-state index in [1.54, 1.807) is 60.7 Å². The molecule has 79 heavy (non-hydrogen) atoms. The van der Waals surface area contributed by atoms with E-state index < -0.39 is 115 Å². The molecule has 0 saturated carbocycles. The van der Waals surface area contributed by atoms with Gasteiger partial charge in [0.1, 0.15) is 30.2 Å². The van der Waals surface area contributed by atoms with Crippen molar-refractivity contribution in [2.24, 2.45) is 0 Å². The summed E-state index contributed by atoms with van der Waals surface area (Å²) in [5.41, 5.74) is 8.75. The third-order valence-electron chi connectivity index (χ3n) is 10.8. The van der Waals surface area contributed by atoms with Gasteiger partial charge in [0, 0.05) is 18.8 Å². The molecular formula is C43H46N11O21P3S. The van der Waals surface area contributed by atoms with Crippen molar-refractivity contribution in [1.82, 2.24) is 44.3 Å². The third-order valence-corrected chi connectivity index (χ3v) is 17.3. The van der Waals surface area contributed by atoms with Crippen molar-refractivity contribution >= 4 is 86.3 Å². The van der Waals surface area contributed by atoms with E-state index in [9.17, 15) is 83.0 Å². The maximum absolute atomic E-state index is 13.0. The molecule has 6 aromatic rings. The topological polar surface area (TPSA) is 482 Å². The van der Waals surface area contributed by atoms with Crippen molar-refractivity contribution in [2.45, 2.75) is 37.6 Å². The summed E-state index contributed by atoms with van der Waals surface area (Å²) in [6, 6.07) is 18.8. The number of benzene rings is 1. The first-order chi connectivity index (χ1) is 37.2. The lowest BCUT2D eigenvalue weighted by Crippen LogP contribution is -2.34. The highest BCUT2D eigenvalue weighted by atomic mass is 32.7. The second-order valence-electron chi connectivity index (χ2n) is 16.9. The number of nitrogen functional groups attached to an aromatic ring is 1. The quantitative estimate of drug-likeness (QED) is 0.0328. The summed E-state index contributed by atoms with van der Waals surface area (Å²) in [5, 5.41) is 61.1. The number of pyridine rings is 3. The SMILES string of the molecule is Nc1ncnc2c1ncn2[C@@H]1O[C@H](COP(=O)(O)OP(=O)(O)OP(=O)(O)SCC(=O)Nc2ccc(-c3cc(-c4cccc(CN(CC(=O)O)CC(=O)O)n4)nc(-c4cccc(CN(CC(=O)O)CC(=O)O)n4)c3)cc2)C(O)C1O. The smallest absolute Gasteiger partial charge is 0.480 e. The number of carboxylic acids is 4. The number of imidazole rings is 1. The number of hydrogen-bond donors (Lipinski definition) is 11. The van der Waals surface area contributed by atoms with Crippen LogP contribution in [0.25, 0.3) is 45.1 Å². The molecule has 1 aliphatic rings. The van der Waals surface area contributed by atoms with Gasteiger partial charge in [0.25, 0.3) is 0 Å². The summed E-state index contributed by atoms with van der Waals surface area (Å²) < 4.78 is 58.0. The average molecular weight is 1180 g/mol. The Morgan fingerprint density at radius 1 is 0.684 bits per heavy atom. The van der Waals surface area contributed by atoms with Crippen LogP contribution in [0.1, 0.15) is 17.6 Å². The van der Waals surface area contributed by atoms with Crippen LogP contribution in [-0.2, 0) is 68.6 Å². The van der Waals surface area contributed by atoms with Crippen LogP contribution in [0.5, 0.6) is 0 Å². The van der Waals surface area contributed by atoms with Crippen LogP contribution in [0.2, 0.25) is 0 Å². The van der Waals surface area contributed by atoms with Crippen LogP contribution in [0.15, 0.2) is 85.5 Å². The molecule has 5 unspecified atom stereocenters. The molecule has 7 rings (SSSR count). The van der Waals surface area contributed by atoms with Crippen LogP contribution in [0, 0.1) is 0 Å². The highest BCUT2D eigenvalue weighted by Crippen LogP contribution is 2.71. The predicted molar refractivity (Wildman–Crippen MR) is 272 cm³/mol. The van der Waals surface area contributed by atoms with Gasteiger partial charge in [-0.15, -0.1) is 0 Å². The molecule has 0 bridgehead atoms. The maximum Gasteiger partial charge on any atom is 0.488 e. The molecular weight excluding hydrogens is 1130 g/mol. The number of anilines is 2. The molecule has 0 aliphatic carbocycles. The lowest BCUT2D eigenvalue weighted by atomic mass is 10.0. The Morgan fingerprint density at radius 3 is 1.76 bits per heavy atom. The largest absolute Gasteiger partial charge is 0.488 e. The molecule has 0 spiro atoms. The predicted octanol–water partition coefficient (Wildman–Crippen LogP) is 1.88. The Balaban J connectivity index is 1.01. The Bertz CT molecular complexity index is 3290. The minimum atomic E-state index is -5.94. The molecule has 5 aromatic heterocycles.